The van der Waals surface area contributed by atoms with Gasteiger partial charge in [0.05, 0.1) is 38.2 Å². The van der Waals surface area contributed by atoms with E-state index in [-0.39, 0.29) is 42.8 Å². The summed E-state index contributed by atoms with van der Waals surface area (Å²) in [7, 11) is 1.44. The van der Waals surface area contributed by atoms with Crippen LogP contribution in [0.5, 0.6) is 11.5 Å². The van der Waals surface area contributed by atoms with Gasteiger partial charge in [-0.15, -0.1) is 0 Å². The van der Waals surface area contributed by atoms with E-state index in [1.54, 1.807) is 39.0 Å². The monoisotopic (exact) mass is 605 g/mol. The number of esters is 2. The predicted molar refractivity (Wildman–Crippen MR) is 161 cm³/mol. The molecule has 3 aromatic rings. The lowest BCUT2D eigenvalue weighted by Crippen LogP contribution is -2.45. The Morgan fingerprint density at radius 2 is 1.80 bits per heavy atom. The van der Waals surface area contributed by atoms with E-state index >= 15 is 0 Å². The first-order chi connectivity index (χ1) is 21.2. The molecule has 0 radical (unpaired) electrons. The Morgan fingerprint density at radius 1 is 1.05 bits per heavy atom. The van der Waals surface area contributed by atoms with E-state index in [0.29, 0.717) is 17.9 Å². The fraction of sp³-hybridized carbons (Fsp3) is 0.323. The normalized spacial score (nSPS) is 14.7. The van der Waals surface area contributed by atoms with E-state index in [4.69, 9.17) is 18.9 Å². The van der Waals surface area contributed by atoms with Gasteiger partial charge in [-0.2, -0.15) is 5.10 Å². The van der Waals surface area contributed by atoms with E-state index in [1.165, 1.54) is 13.3 Å². The van der Waals surface area contributed by atoms with Crippen LogP contribution in [0.3, 0.4) is 0 Å². The molecule has 232 valence electrons. The number of hydrazone groups is 1. The quantitative estimate of drug-likeness (QED) is 0.161. The van der Waals surface area contributed by atoms with Crippen LogP contribution < -0.4 is 25.5 Å². The lowest BCUT2D eigenvalue weighted by atomic mass is 9.95. The van der Waals surface area contributed by atoms with Gasteiger partial charge in [-0.3, -0.25) is 9.59 Å². The van der Waals surface area contributed by atoms with E-state index in [9.17, 15) is 19.2 Å². The summed E-state index contributed by atoms with van der Waals surface area (Å²) < 4.78 is 23.3. The van der Waals surface area contributed by atoms with Gasteiger partial charge in [-0.05, 0) is 51.5 Å². The van der Waals surface area contributed by atoms with Gasteiger partial charge >= 0.3 is 18.0 Å². The van der Waals surface area contributed by atoms with Gasteiger partial charge < -0.3 is 34.1 Å². The lowest BCUT2D eigenvalue weighted by molar-refractivity contribution is -0.143. The average Bonchev–Trinajstić information content (AvgIpc) is 3.25. The number of fused-ring (bicyclic) bond motifs is 1. The second kappa shape index (κ2) is 14.2. The number of rotatable bonds is 12. The topological polar surface area (TPSA) is 159 Å². The summed E-state index contributed by atoms with van der Waals surface area (Å²) >= 11 is 0. The molecule has 0 aliphatic carbocycles. The lowest BCUT2D eigenvalue weighted by Gasteiger charge is -2.28. The van der Waals surface area contributed by atoms with Gasteiger partial charge in [-0.1, -0.05) is 24.3 Å². The third-order valence-electron chi connectivity index (χ3n) is 6.90. The van der Waals surface area contributed by atoms with Gasteiger partial charge in [0.1, 0.15) is 6.54 Å². The Hall–Kier alpha value is -5.33. The molecule has 0 unspecified atom stereocenters. The molecule has 4 rings (SSSR count). The molecule has 0 saturated heterocycles. The highest BCUT2D eigenvalue weighted by Crippen LogP contribution is 2.34. The van der Waals surface area contributed by atoms with E-state index in [2.05, 4.69) is 21.2 Å². The molecule has 1 aliphatic heterocycles. The molecule has 2 heterocycles. The van der Waals surface area contributed by atoms with E-state index in [0.717, 1.165) is 22.2 Å². The number of aromatic nitrogens is 1. The number of hydrogen-bond donors (Lipinski definition) is 3. The molecule has 0 saturated carbocycles. The maximum Gasteiger partial charge on any atom is 0.338 e. The molecule has 44 heavy (non-hydrogen) atoms. The van der Waals surface area contributed by atoms with E-state index < -0.39 is 23.9 Å². The first kappa shape index (κ1) is 31.6. The number of nitrogens with one attached hydrogen (secondary N) is 3. The average molecular weight is 606 g/mol. The highest BCUT2D eigenvalue weighted by atomic mass is 16.5. The van der Waals surface area contributed by atoms with Crippen molar-refractivity contribution in [3.05, 3.63) is 70.6 Å². The number of amides is 3. The number of nitrogens with zero attached hydrogens (tertiary/aromatic N) is 2. The van der Waals surface area contributed by atoms with Crippen molar-refractivity contribution < 1.29 is 38.1 Å². The maximum atomic E-state index is 12.6. The molecule has 1 atom stereocenters. The molecule has 1 aromatic heterocycles. The van der Waals surface area contributed by atoms with Gasteiger partial charge in [0.15, 0.2) is 18.1 Å². The first-order valence-electron chi connectivity index (χ1n) is 14.0. The fourth-order valence-corrected chi connectivity index (χ4v) is 4.91. The van der Waals surface area contributed by atoms with Crippen molar-refractivity contribution in [1.29, 1.82) is 0 Å². The number of methoxy groups -OCH3 is 1. The van der Waals surface area contributed by atoms with E-state index in [1.807, 2.05) is 35.8 Å². The number of benzene rings is 2. The SMILES string of the molecule is CCOC(=O)Cn1c(C)c(/C=N/NC(=O)COc2ccc([C@H]3NC(=O)NC(C)=C3C(=O)OCC)cc2OC)c2ccccc21. The van der Waals surface area contributed by atoms with Crippen LogP contribution in [0.2, 0.25) is 0 Å². The van der Waals surface area contributed by atoms with Crippen LogP contribution in [0.25, 0.3) is 10.9 Å². The minimum Gasteiger partial charge on any atom is -0.493 e. The second-order valence-corrected chi connectivity index (χ2v) is 9.69. The number of carbonyl (C=O) groups excluding carboxylic acids is 4. The summed E-state index contributed by atoms with van der Waals surface area (Å²) in [5.41, 5.74) is 6.04. The van der Waals surface area contributed by atoms with Crippen molar-refractivity contribution in [2.24, 2.45) is 5.10 Å². The standard InChI is InChI=1S/C31H35N5O8/c1-6-42-27(38)16-36-19(4)22(21-10-8-9-11-23(21)36)15-32-35-26(37)17-44-24-13-12-20(14-25(24)41-5)29-28(30(39)43-7-2)18(3)33-31(40)34-29/h8-15,29H,6-7,16-17H2,1-5H3,(H,35,37)(H2,33,34,40)/b32-15+/t29-/m1/s1. The van der Waals surface area contributed by atoms with Crippen molar-refractivity contribution in [3.8, 4) is 11.5 Å². The summed E-state index contributed by atoms with van der Waals surface area (Å²) in [5.74, 6) is -0.864. The smallest absolute Gasteiger partial charge is 0.338 e. The van der Waals surface area contributed by atoms with Crippen LogP contribution in [0.4, 0.5) is 4.79 Å². The number of carbonyl (C=O) groups is 4. The van der Waals surface area contributed by atoms with Crippen molar-refractivity contribution in [3.63, 3.8) is 0 Å². The Kier molecular flexibility index (Phi) is 10.2. The van der Waals surface area contributed by atoms with Gasteiger partial charge in [0, 0.05) is 27.9 Å². The molecule has 13 nitrogen and oxygen atoms in total. The van der Waals surface area contributed by atoms with Gasteiger partial charge in [0.2, 0.25) is 0 Å². The van der Waals surface area contributed by atoms with Crippen LogP contribution in [-0.2, 0) is 30.4 Å². The second-order valence-electron chi connectivity index (χ2n) is 9.69. The van der Waals surface area contributed by atoms with Crippen LogP contribution in [-0.4, -0.2) is 61.6 Å². The minimum absolute atomic E-state index is 0.0545. The van der Waals surface area contributed by atoms with Crippen molar-refractivity contribution in [2.45, 2.75) is 40.3 Å². The predicted octanol–water partition coefficient (Wildman–Crippen LogP) is 3.24. The molecule has 0 bridgehead atoms. The number of hydrogen-bond acceptors (Lipinski definition) is 9. The summed E-state index contributed by atoms with van der Waals surface area (Å²) in [5, 5.41) is 10.3. The largest absolute Gasteiger partial charge is 0.493 e. The summed E-state index contributed by atoms with van der Waals surface area (Å²) in [6.45, 7) is 7.09. The van der Waals surface area contributed by atoms with Gasteiger partial charge in [0.25, 0.3) is 5.91 Å². The Labute approximate surface area is 254 Å². The molecule has 1 aliphatic rings. The zero-order valence-corrected chi connectivity index (χ0v) is 25.2. The number of para-hydroxylation sites is 1. The minimum atomic E-state index is -0.782. The summed E-state index contributed by atoms with van der Waals surface area (Å²) in [6.07, 6.45) is 1.52. The molecular weight excluding hydrogens is 570 g/mol. The van der Waals surface area contributed by atoms with Crippen LogP contribution in [0.1, 0.15) is 43.6 Å². The first-order valence-corrected chi connectivity index (χ1v) is 14.0. The number of allylic oxidation sites excluding steroid dienone is 1. The third-order valence-corrected chi connectivity index (χ3v) is 6.90. The molecule has 2 aromatic carbocycles. The van der Waals surface area contributed by atoms with Crippen LogP contribution >= 0.6 is 0 Å². The van der Waals surface area contributed by atoms with Crippen molar-refractivity contribution in [1.82, 2.24) is 20.6 Å². The zero-order valence-electron chi connectivity index (χ0n) is 25.2. The zero-order chi connectivity index (χ0) is 31.8. The highest BCUT2D eigenvalue weighted by Gasteiger charge is 2.32. The van der Waals surface area contributed by atoms with Crippen molar-refractivity contribution >= 4 is 41.0 Å². The Balaban J connectivity index is 1.45. The summed E-state index contributed by atoms with van der Waals surface area (Å²) in [4.78, 5) is 49.5. The molecule has 3 amide bonds. The third kappa shape index (κ3) is 7.00. The molecule has 3 N–H and O–H groups in total. The molecule has 0 fully saturated rings. The number of urea groups is 1. The van der Waals surface area contributed by atoms with Gasteiger partial charge in [-0.25, -0.2) is 15.0 Å². The Morgan fingerprint density at radius 3 is 2.52 bits per heavy atom. The number of ether oxygens (including phenoxy) is 4. The summed E-state index contributed by atoms with van der Waals surface area (Å²) in [6, 6.07) is 11.2. The molecule has 0 spiro atoms. The molecule has 13 heteroatoms. The maximum absolute atomic E-state index is 12.6. The van der Waals surface area contributed by atoms with Crippen molar-refractivity contribution in [2.75, 3.05) is 26.9 Å². The molecular formula is C31H35N5O8. The Bertz CT molecular complexity index is 1640. The fourth-order valence-electron chi connectivity index (χ4n) is 4.91. The van der Waals surface area contributed by atoms with Crippen LogP contribution in [0, 0.1) is 6.92 Å². The van der Waals surface area contributed by atoms with Crippen LogP contribution in [0.15, 0.2) is 58.8 Å². The highest BCUT2D eigenvalue weighted by molar-refractivity contribution is 6.02.